The first kappa shape index (κ1) is 10.4. The molecule has 2 N–H and O–H groups in total. The van der Waals surface area contributed by atoms with Gasteiger partial charge in [0.1, 0.15) is 0 Å². The summed E-state index contributed by atoms with van der Waals surface area (Å²) < 4.78 is 5.23. The van der Waals surface area contributed by atoms with Gasteiger partial charge in [-0.15, -0.1) is 0 Å². The average molecular weight is 213 g/mol. The van der Waals surface area contributed by atoms with Crippen LogP contribution < -0.4 is 5.32 Å². The Balaban J connectivity index is 2.22. The second kappa shape index (κ2) is 3.81. The SMILES string of the molecule is O=C1CCOCC(C(=O)O)(C2CCC2)N1. The highest BCUT2D eigenvalue weighted by Crippen LogP contribution is 2.37. The third-order valence-corrected chi connectivity index (χ3v) is 3.35. The molecule has 84 valence electrons. The lowest BCUT2D eigenvalue weighted by molar-refractivity contribution is -0.154. The Bertz CT molecular complexity index is 287. The number of rotatable bonds is 2. The second-order valence-electron chi connectivity index (χ2n) is 4.26. The summed E-state index contributed by atoms with van der Waals surface area (Å²) in [7, 11) is 0. The zero-order chi connectivity index (χ0) is 10.9. The number of nitrogens with one attached hydrogen (secondary N) is 1. The zero-order valence-electron chi connectivity index (χ0n) is 8.49. The molecule has 0 radical (unpaired) electrons. The maximum absolute atomic E-state index is 11.4. The molecule has 2 rings (SSSR count). The van der Waals surface area contributed by atoms with Crippen LogP contribution in [0, 0.1) is 5.92 Å². The van der Waals surface area contributed by atoms with E-state index in [2.05, 4.69) is 5.32 Å². The fourth-order valence-corrected chi connectivity index (χ4v) is 2.16. The topological polar surface area (TPSA) is 75.6 Å². The summed E-state index contributed by atoms with van der Waals surface area (Å²) in [5, 5.41) is 11.9. The zero-order valence-corrected chi connectivity index (χ0v) is 8.49. The van der Waals surface area contributed by atoms with Crippen molar-refractivity contribution in [1.82, 2.24) is 5.32 Å². The van der Waals surface area contributed by atoms with E-state index in [1.165, 1.54) is 0 Å². The Kier molecular flexibility index (Phi) is 2.65. The second-order valence-corrected chi connectivity index (χ2v) is 4.26. The molecule has 2 fully saturated rings. The molecule has 15 heavy (non-hydrogen) atoms. The molecule has 1 aliphatic heterocycles. The van der Waals surface area contributed by atoms with E-state index in [0.717, 1.165) is 19.3 Å². The molecule has 5 heteroatoms. The van der Waals surface area contributed by atoms with Gasteiger partial charge in [0.2, 0.25) is 5.91 Å². The van der Waals surface area contributed by atoms with Crippen LogP contribution in [0.1, 0.15) is 25.7 Å². The molecule has 1 saturated heterocycles. The van der Waals surface area contributed by atoms with Gasteiger partial charge in [-0.25, -0.2) is 4.79 Å². The first-order chi connectivity index (χ1) is 7.15. The molecule has 1 saturated carbocycles. The van der Waals surface area contributed by atoms with Crippen LogP contribution in [0.3, 0.4) is 0 Å². The molecule has 0 bridgehead atoms. The summed E-state index contributed by atoms with van der Waals surface area (Å²) in [4.78, 5) is 22.7. The van der Waals surface area contributed by atoms with E-state index in [4.69, 9.17) is 4.74 Å². The molecule has 0 aromatic carbocycles. The number of ether oxygens (including phenoxy) is 1. The van der Waals surface area contributed by atoms with Crippen LogP contribution in [-0.2, 0) is 14.3 Å². The van der Waals surface area contributed by atoms with E-state index in [1.807, 2.05) is 0 Å². The van der Waals surface area contributed by atoms with Crippen LogP contribution in [-0.4, -0.2) is 35.7 Å². The summed E-state index contributed by atoms with van der Waals surface area (Å²) in [6.45, 7) is 0.409. The van der Waals surface area contributed by atoms with Crippen molar-refractivity contribution in [1.29, 1.82) is 0 Å². The Morgan fingerprint density at radius 2 is 2.27 bits per heavy atom. The normalized spacial score (nSPS) is 32.7. The summed E-state index contributed by atoms with van der Waals surface area (Å²) in [5.74, 6) is -1.17. The van der Waals surface area contributed by atoms with Crippen LogP contribution in [0.4, 0.5) is 0 Å². The lowest BCUT2D eigenvalue weighted by atomic mass is 9.71. The van der Waals surface area contributed by atoms with Crippen LogP contribution >= 0.6 is 0 Å². The van der Waals surface area contributed by atoms with Gasteiger partial charge < -0.3 is 15.2 Å². The molecule has 1 heterocycles. The molecular formula is C10H15NO4. The minimum Gasteiger partial charge on any atom is -0.479 e. The third-order valence-electron chi connectivity index (χ3n) is 3.35. The maximum atomic E-state index is 11.4. The van der Waals surface area contributed by atoms with Crippen molar-refractivity contribution >= 4 is 11.9 Å². The van der Waals surface area contributed by atoms with Crippen LogP contribution in [0.15, 0.2) is 0 Å². The van der Waals surface area contributed by atoms with Crippen LogP contribution in [0.2, 0.25) is 0 Å². The number of hydrogen-bond donors (Lipinski definition) is 2. The largest absolute Gasteiger partial charge is 0.479 e. The van der Waals surface area contributed by atoms with Gasteiger partial charge in [-0.2, -0.15) is 0 Å². The predicted octanol–water partition coefficient (Wildman–Crippen LogP) is 0.146. The minimum absolute atomic E-state index is 0.0250. The minimum atomic E-state index is -1.17. The van der Waals surface area contributed by atoms with Gasteiger partial charge in [0.15, 0.2) is 5.54 Å². The maximum Gasteiger partial charge on any atom is 0.332 e. The number of hydrogen-bond acceptors (Lipinski definition) is 3. The van der Waals surface area contributed by atoms with Crippen molar-refractivity contribution in [2.45, 2.75) is 31.2 Å². The number of amides is 1. The Morgan fingerprint density at radius 1 is 1.53 bits per heavy atom. The van der Waals surface area contributed by atoms with Gasteiger partial charge in [0, 0.05) is 6.42 Å². The Morgan fingerprint density at radius 3 is 2.80 bits per heavy atom. The van der Waals surface area contributed by atoms with Crippen LogP contribution in [0.5, 0.6) is 0 Å². The van der Waals surface area contributed by atoms with E-state index < -0.39 is 11.5 Å². The van der Waals surface area contributed by atoms with E-state index >= 15 is 0 Å². The van der Waals surface area contributed by atoms with Gasteiger partial charge in [0.25, 0.3) is 0 Å². The molecule has 0 aromatic rings. The summed E-state index contributed by atoms with van der Waals surface area (Å²) in [6.07, 6.45) is 3.00. The summed E-state index contributed by atoms with van der Waals surface area (Å²) in [5.41, 5.74) is -1.17. The van der Waals surface area contributed by atoms with Crippen molar-refractivity contribution in [2.24, 2.45) is 5.92 Å². The van der Waals surface area contributed by atoms with Crippen molar-refractivity contribution in [3.8, 4) is 0 Å². The molecule has 1 amide bonds. The molecule has 5 nitrogen and oxygen atoms in total. The van der Waals surface area contributed by atoms with Crippen molar-refractivity contribution < 1.29 is 19.4 Å². The quantitative estimate of drug-likeness (QED) is 0.684. The highest BCUT2D eigenvalue weighted by atomic mass is 16.5. The molecule has 1 atom stereocenters. The van der Waals surface area contributed by atoms with Crippen molar-refractivity contribution in [3.05, 3.63) is 0 Å². The highest BCUT2D eigenvalue weighted by molar-refractivity contribution is 5.88. The van der Waals surface area contributed by atoms with Gasteiger partial charge in [-0.1, -0.05) is 6.42 Å². The molecule has 2 aliphatic rings. The fourth-order valence-electron chi connectivity index (χ4n) is 2.16. The number of carboxylic acid groups (broad SMARTS) is 1. The number of carbonyl (C=O) groups excluding carboxylic acids is 1. The van der Waals surface area contributed by atoms with Crippen LogP contribution in [0.25, 0.3) is 0 Å². The van der Waals surface area contributed by atoms with Gasteiger partial charge in [-0.3, -0.25) is 4.79 Å². The Hall–Kier alpha value is -1.10. The predicted molar refractivity (Wildman–Crippen MR) is 51.3 cm³/mol. The monoisotopic (exact) mass is 213 g/mol. The van der Waals surface area contributed by atoms with Crippen molar-refractivity contribution in [3.63, 3.8) is 0 Å². The molecule has 0 aromatic heterocycles. The molecule has 0 spiro atoms. The van der Waals surface area contributed by atoms with E-state index in [-0.39, 0.29) is 24.9 Å². The number of carboxylic acids is 1. The van der Waals surface area contributed by atoms with Gasteiger partial charge >= 0.3 is 5.97 Å². The lowest BCUT2D eigenvalue weighted by Crippen LogP contribution is -2.62. The highest BCUT2D eigenvalue weighted by Gasteiger charge is 2.50. The smallest absolute Gasteiger partial charge is 0.332 e. The summed E-state index contributed by atoms with van der Waals surface area (Å²) in [6, 6.07) is 0. The molecular weight excluding hydrogens is 198 g/mol. The first-order valence-corrected chi connectivity index (χ1v) is 5.27. The number of carbonyl (C=O) groups is 2. The number of aliphatic carboxylic acids is 1. The fraction of sp³-hybridized carbons (Fsp3) is 0.800. The standard InChI is InChI=1S/C10H15NO4/c12-8-4-5-15-6-10(11-8,9(13)14)7-2-1-3-7/h7H,1-6H2,(H,11,12)(H,13,14). The molecule has 1 aliphatic carbocycles. The van der Waals surface area contributed by atoms with Crippen molar-refractivity contribution in [2.75, 3.05) is 13.2 Å². The van der Waals surface area contributed by atoms with E-state index in [9.17, 15) is 14.7 Å². The van der Waals surface area contributed by atoms with E-state index in [1.54, 1.807) is 0 Å². The average Bonchev–Trinajstić information content (AvgIpc) is 2.25. The molecule has 1 unspecified atom stereocenters. The summed E-state index contributed by atoms with van der Waals surface area (Å²) >= 11 is 0. The van der Waals surface area contributed by atoms with Gasteiger partial charge in [-0.05, 0) is 18.8 Å². The Labute approximate surface area is 87.8 Å². The lowest BCUT2D eigenvalue weighted by Gasteiger charge is -2.41. The third kappa shape index (κ3) is 1.71. The first-order valence-electron chi connectivity index (χ1n) is 5.27. The van der Waals surface area contributed by atoms with Gasteiger partial charge in [0.05, 0.1) is 13.2 Å². The van der Waals surface area contributed by atoms with E-state index in [0.29, 0.717) is 6.61 Å².